The summed E-state index contributed by atoms with van der Waals surface area (Å²) >= 11 is 1.13. The molecule has 3 aromatic rings. The fourth-order valence-corrected chi connectivity index (χ4v) is 2.25. The van der Waals surface area contributed by atoms with E-state index in [0.717, 1.165) is 17.0 Å². The molecule has 0 unspecified atom stereocenters. The highest BCUT2D eigenvalue weighted by molar-refractivity contribution is 7.12. The number of fused-ring (bicyclic) bond motifs is 1. The lowest BCUT2D eigenvalue weighted by molar-refractivity contribution is 0.0702. The minimum Gasteiger partial charge on any atom is -0.477 e. The van der Waals surface area contributed by atoms with Crippen LogP contribution in [0.2, 0.25) is 0 Å². The zero-order chi connectivity index (χ0) is 12.5. The van der Waals surface area contributed by atoms with Crippen molar-refractivity contribution in [1.29, 1.82) is 0 Å². The second-order valence-corrected chi connectivity index (χ2v) is 4.48. The maximum atomic E-state index is 10.8. The number of hydrogen-bond donors (Lipinski definition) is 1. The first-order valence-electron chi connectivity index (χ1n) is 5.16. The average Bonchev–Trinajstić information content (AvgIpc) is 2.97. The largest absolute Gasteiger partial charge is 0.477 e. The maximum absolute atomic E-state index is 10.8. The smallest absolute Gasteiger partial charge is 0.346 e. The lowest BCUT2D eigenvalue weighted by Crippen LogP contribution is -1.92. The van der Waals surface area contributed by atoms with Crippen molar-refractivity contribution in [1.82, 2.24) is 9.38 Å². The molecule has 0 spiro atoms. The lowest BCUT2D eigenvalue weighted by atomic mass is 10.4. The maximum Gasteiger partial charge on any atom is 0.346 e. The van der Waals surface area contributed by atoms with Crippen molar-refractivity contribution < 1.29 is 14.6 Å². The van der Waals surface area contributed by atoms with Gasteiger partial charge in [0.25, 0.3) is 0 Å². The van der Waals surface area contributed by atoms with Crippen molar-refractivity contribution in [2.24, 2.45) is 0 Å². The number of aromatic carboxylic acids is 1. The Labute approximate surface area is 106 Å². The number of nitrogens with zero attached hydrogens (tertiary/aromatic N) is 2. The van der Waals surface area contributed by atoms with Crippen LogP contribution in [0.5, 0.6) is 11.6 Å². The monoisotopic (exact) mass is 260 g/mol. The Morgan fingerprint density at radius 3 is 3.11 bits per heavy atom. The first kappa shape index (κ1) is 10.8. The van der Waals surface area contributed by atoms with Crippen LogP contribution in [0.25, 0.3) is 5.65 Å². The molecule has 18 heavy (non-hydrogen) atoms. The van der Waals surface area contributed by atoms with Gasteiger partial charge in [0.2, 0.25) is 5.88 Å². The van der Waals surface area contributed by atoms with E-state index in [1.807, 2.05) is 12.1 Å². The van der Waals surface area contributed by atoms with E-state index in [1.165, 1.54) is 6.07 Å². The summed E-state index contributed by atoms with van der Waals surface area (Å²) in [5.74, 6) is 0.161. The molecule has 0 saturated heterocycles. The Hall–Kier alpha value is -2.34. The molecule has 6 heteroatoms. The SMILES string of the molecule is O=C(O)c1cc(Oc2cccc3nccn23)cs1. The van der Waals surface area contributed by atoms with Crippen molar-refractivity contribution >= 4 is 23.0 Å². The third kappa shape index (κ3) is 1.82. The third-order valence-corrected chi connectivity index (χ3v) is 3.30. The van der Waals surface area contributed by atoms with Gasteiger partial charge in [-0.25, -0.2) is 9.78 Å². The fraction of sp³-hybridized carbons (Fsp3) is 0. The second-order valence-electron chi connectivity index (χ2n) is 3.57. The van der Waals surface area contributed by atoms with Crippen molar-refractivity contribution in [3.8, 4) is 11.6 Å². The van der Waals surface area contributed by atoms with Gasteiger partial charge in [-0.05, 0) is 12.1 Å². The summed E-state index contributed by atoms with van der Waals surface area (Å²) in [6, 6.07) is 7.00. The van der Waals surface area contributed by atoms with Crippen LogP contribution in [0.15, 0.2) is 42.0 Å². The molecule has 90 valence electrons. The zero-order valence-electron chi connectivity index (χ0n) is 9.11. The number of carbonyl (C=O) groups is 1. The van der Waals surface area contributed by atoms with Gasteiger partial charge in [-0.15, -0.1) is 11.3 Å². The zero-order valence-corrected chi connectivity index (χ0v) is 9.92. The van der Waals surface area contributed by atoms with E-state index in [2.05, 4.69) is 4.98 Å². The van der Waals surface area contributed by atoms with Gasteiger partial charge in [0.05, 0.1) is 0 Å². The predicted octanol–water partition coefficient (Wildman–Crippen LogP) is 2.89. The second kappa shape index (κ2) is 4.15. The van der Waals surface area contributed by atoms with Gasteiger partial charge in [-0.1, -0.05) is 6.07 Å². The molecule has 0 amide bonds. The van der Waals surface area contributed by atoms with Gasteiger partial charge in [0.15, 0.2) is 0 Å². The van der Waals surface area contributed by atoms with Crippen LogP contribution in [0.1, 0.15) is 9.67 Å². The van der Waals surface area contributed by atoms with Gasteiger partial charge in [-0.2, -0.15) is 0 Å². The van der Waals surface area contributed by atoms with Gasteiger partial charge in [0.1, 0.15) is 16.3 Å². The topological polar surface area (TPSA) is 63.8 Å². The minimum absolute atomic E-state index is 0.253. The van der Waals surface area contributed by atoms with Gasteiger partial charge in [-0.3, -0.25) is 4.40 Å². The molecule has 0 aliphatic rings. The van der Waals surface area contributed by atoms with Crippen molar-refractivity contribution in [3.63, 3.8) is 0 Å². The Balaban J connectivity index is 1.96. The molecule has 0 aromatic carbocycles. The molecule has 0 aliphatic heterocycles. The number of imidazole rings is 1. The summed E-state index contributed by atoms with van der Waals surface area (Å²) in [5, 5.41) is 10.5. The van der Waals surface area contributed by atoms with Gasteiger partial charge < -0.3 is 9.84 Å². The standard InChI is InChI=1S/C12H8N2O3S/c15-12(16)9-6-8(7-18-9)17-11-3-1-2-10-13-4-5-14(10)11/h1-7H,(H,15,16). The molecule has 0 atom stereocenters. The van der Waals surface area contributed by atoms with E-state index >= 15 is 0 Å². The Morgan fingerprint density at radius 2 is 2.33 bits per heavy atom. The molecule has 5 nitrogen and oxygen atoms in total. The average molecular weight is 260 g/mol. The van der Waals surface area contributed by atoms with Crippen LogP contribution in [0.3, 0.4) is 0 Å². The molecular formula is C12H8N2O3S. The van der Waals surface area contributed by atoms with Crippen LogP contribution in [-0.4, -0.2) is 20.5 Å². The van der Waals surface area contributed by atoms with E-state index in [9.17, 15) is 4.79 Å². The molecule has 0 fully saturated rings. The highest BCUT2D eigenvalue weighted by Gasteiger charge is 2.09. The number of pyridine rings is 1. The molecule has 3 aromatic heterocycles. The van der Waals surface area contributed by atoms with Gasteiger partial charge in [0, 0.05) is 23.8 Å². The van der Waals surface area contributed by atoms with Crippen LogP contribution >= 0.6 is 11.3 Å². The highest BCUT2D eigenvalue weighted by atomic mass is 32.1. The van der Waals surface area contributed by atoms with E-state index in [0.29, 0.717) is 11.6 Å². The molecule has 0 radical (unpaired) electrons. The van der Waals surface area contributed by atoms with Crippen LogP contribution < -0.4 is 4.74 Å². The Bertz CT molecular complexity index is 717. The summed E-state index contributed by atoms with van der Waals surface area (Å²) in [5.41, 5.74) is 0.779. The summed E-state index contributed by atoms with van der Waals surface area (Å²) in [7, 11) is 0. The van der Waals surface area contributed by atoms with E-state index in [4.69, 9.17) is 9.84 Å². The van der Waals surface area contributed by atoms with Crippen molar-refractivity contribution in [2.75, 3.05) is 0 Å². The number of carboxylic acid groups (broad SMARTS) is 1. The first-order chi connectivity index (χ1) is 8.74. The molecule has 3 heterocycles. The first-order valence-corrected chi connectivity index (χ1v) is 6.04. The number of aromatic nitrogens is 2. The van der Waals surface area contributed by atoms with E-state index in [-0.39, 0.29) is 4.88 Å². The van der Waals surface area contributed by atoms with E-state index in [1.54, 1.807) is 28.2 Å². The molecule has 0 bridgehead atoms. The van der Waals surface area contributed by atoms with Crippen LogP contribution in [0, 0.1) is 0 Å². The van der Waals surface area contributed by atoms with Crippen molar-refractivity contribution in [3.05, 3.63) is 46.9 Å². The molecule has 0 aliphatic carbocycles. The molecule has 3 rings (SSSR count). The summed E-state index contributed by atoms with van der Waals surface area (Å²) in [6.45, 7) is 0. The number of hydrogen-bond acceptors (Lipinski definition) is 4. The quantitative estimate of drug-likeness (QED) is 0.786. The number of carboxylic acids is 1. The Morgan fingerprint density at radius 1 is 1.44 bits per heavy atom. The fourth-order valence-electron chi connectivity index (χ4n) is 1.61. The third-order valence-electron chi connectivity index (χ3n) is 2.40. The number of rotatable bonds is 3. The summed E-state index contributed by atoms with van der Waals surface area (Å²) in [6.07, 6.45) is 3.47. The molecule has 1 N–H and O–H groups in total. The number of thiophene rings is 1. The summed E-state index contributed by atoms with van der Waals surface area (Å²) in [4.78, 5) is 15.2. The predicted molar refractivity (Wildman–Crippen MR) is 66.5 cm³/mol. The lowest BCUT2D eigenvalue weighted by Gasteiger charge is -2.05. The highest BCUT2D eigenvalue weighted by Crippen LogP contribution is 2.27. The van der Waals surface area contributed by atoms with E-state index < -0.39 is 5.97 Å². The number of ether oxygens (including phenoxy) is 1. The molecule has 0 saturated carbocycles. The van der Waals surface area contributed by atoms with Gasteiger partial charge >= 0.3 is 5.97 Å². The Kier molecular flexibility index (Phi) is 2.49. The van der Waals surface area contributed by atoms with Crippen LogP contribution in [-0.2, 0) is 0 Å². The normalized spacial score (nSPS) is 10.7. The molecular weight excluding hydrogens is 252 g/mol. The summed E-state index contributed by atoms with van der Waals surface area (Å²) < 4.78 is 7.44. The van der Waals surface area contributed by atoms with Crippen molar-refractivity contribution in [2.45, 2.75) is 0 Å². The minimum atomic E-state index is -0.948. The van der Waals surface area contributed by atoms with Crippen LogP contribution in [0.4, 0.5) is 0 Å².